The molecule has 0 bridgehead atoms. The normalized spacial score (nSPS) is 11.8. The molecule has 1 amide bonds. The van der Waals surface area contributed by atoms with E-state index in [1.807, 2.05) is 30.3 Å². The number of carbonyl (C=O) groups excluding carboxylic acids is 1. The molecular weight excluding hydrogens is 370 g/mol. The summed E-state index contributed by atoms with van der Waals surface area (Å²) in [6.45, 7) is -0.0761. The molecule has 2 rings (SSSR count). The van der Waals surface area contributed by atoms with Gasteiger partial charge in [0, 0.05) is 9.50 Å². The maximum absolute atomic E-state index is 11.9. The van der Waals surface area contributed by atoms with Crippen molar-refractivity contribution in [3.8, 4) is 0 Å². The number of alkyl carbamates (subject to hydrolysis) is 1. The number of nitrogens with one attached hydrogen (secondary N) is 1. The molecule has 0 aliphatic rings. The van der Waals surface area contributed by atoms with Crippen molar-refractivity contribution in [3.05, 3.63) is 69.2 Å². The minimum atomic E-state index is -0.593. The Morgan fingerprint density at radius 2 is 2.00 bits per heavy atom. The lowest BCUT2D eigenvalue weighted by Gasteiger charge is -2.18. The smallest absolute Gasteiger partial charge is 0.408 e. The molecule has 4 nitrogen and oxygen atoms in total. The van der Waals surface area contributed by atoms with Crippen LogP contribution in [0.2, 0.25) is 5.02 Å². The number of ether oxygens (including phenoxy) is 1. The molecular formula is C16H15BrClNO3. The van der Waals surface area contributed by atoms with Gasteiger partial charge in [-0.05, 0) is 23.3 Å². The Balaban J connectivity index is 1.96. The highest BCUT2D eigenvalue weighted by Gasteiger charge is 2.17. The van der Waals surface area contributed by atoms with E-state index in [1.165, 1.54) is 0 Å². The van der Waals surface area contributed by atoms with Crippen LogP contribution in [0, 0.1) is 0 Å². The number of carbonyl (C=O) groups is 1. The van der Waals surface area contributed by atoms with Gasteiger partial charge in [0.15, 0.2) is 0 Å². The second kappa shape index (κ2) is 8.17. The third-order valence-corrected chi connectivity index (χ3v) is 3.95. The SMILES string of the molecule is O=C(N[C@@H](CO)c1ccc(Cl)cc1Br)OCc1ccccc1. The van der Waals surface area contributed by atoms with Gasteiger partial charge in [-0.15, -0.1) is 0 Å². The van der Waals surface area contributed by atoms with Crippen LogP contribution in [0.1, 0.15) is 17.2 Å². The molecule has 116 valence electrons. The Bertz CT molecular complexity index is 637. The number of benzene rings is 2. The van der Waals surface area contributed by atoms with Crippen molar-refractivity contribution in [3.63, 3.8) is 0 Å². The molecule has 0 aliphatic heterocycles. The van der Waals surface area contributed by atoms with Crippen molar-refractivity contribution in [1.29, 1.82) is 0 Å². The second-order valence-electron chi connectivity index (χ2n) is 4.61. The average molecular weight is 385 g/mol. The minimum Gasteiger partial charge on any atom is -0.445 e. The van der Waals surface area contributed by atoms with Crippen molar-refractivity contribution in [2.45, 2.75) is 12.6 Å². The minimum absolute atomic E-state index is 0.173. The van der Waals surface area contributed by atoms with Crippen LogP contribution in [-0.2, 0) is 11.3 Å². The number of hydrogen-bond donors (Lipinski definition) is 2. The molecule has 0 saturated heterocycles. The van der Waals surface area contributed by atoms with E-state index in [4.69, 9.17) is 16.3 Å². The zero-order valence-electron chi connectivity index (χ0n) is 11.6. The predicted molar refractivity (Wildman–Crippen MR) is 88.7 cm³/mol. The van der Waals surface area contributed by atoms with Crippen molar-refractivity contribution >= 4 is 33.6 Å². The van der Waals surface area contributed by atoms with Crippen molar-refractivity contribution in [1.82, 2.24) is 5.32 Å². The van der Waals surface area contributed by atoms with Crippen LogP contribution in [0.5, 0.6) is 0 Å². The van der Waals surface area contributed by atoms with E-state index in [0.29, 0.717) is 9.50 Å². The van der Waals surface area contributed by atoms with Gasteiger partial charge in [-0.3, -0.25) is 0 Å². The van der Waals surface area contributed by atoms with Crippen LogP contribution < -0.4 is 5.32 Å². The van der Waals surface area contributed by atoms with Gasteiger partial charge in [-0.2, -0.15) is 0 Å². The lowest BCUT2D eigenvalue weighted by atomic mass is 10.1. The molecule has 2 aromatic rings. The van der Waals surface area contributed by atoms with Gasteiger partial charge in [-0.25, -0.2) is 4.79 Å². The monoisotopic (exact) mass is 383 g/mol. The van der Waals surface area contributed by atoms with E-state index in [2.05, 4.69) is 21.2 Å². The van der Waals surface area contributed by atoms with Crippen LogP contribution in [0.25, 0.3) is 0 Å². The van der Waals surface area contributed by atoms with Crippen LogP contribution in [0.4, 0.5) is 4.79 Å². The predicted octanol–water partition coefficient (Wildman–Crippen LogP) is 4.06. The van der Waals surface area contributed by atoms with Crippen molar-refractivity contribution in [2.24, 2.45) is 0 Å². The lowest BCUT2D eigenvalue weighted by molar-refractivity contribution is 0.129. The number of hydrogen-bond acceptors (Lipinski definition) is 3. The summed E-state index contributed by atoms with van der Waals surface area (Å²) in [6.07, 6.45) is -0.593. The first-order valence-corrected chi connectivity index (χ1v) is 7.80. The van der Waals surface area contributed by atoms with Crippen LogP contribution >= 0.6 is 27.5 Å². The van der Waals surface area contributed by atoms with Crippen LogP contribution in [0.15, 0.2) is 53.0 Å². The van der Waals surface area contributed by atoms with Gasteiger partial charge in [0.05, 0.1) is 12.6 Å². The Morgan fingerprint density at radius 1 is 1.27 bits per heavy atom. The molecule has 22 heavy (non-hydrogen) atoms. The largest absolute Gasteiger partial charge is 0.445 e. The fourth-order valence-electron chi connectivity index (χ4n) is 1.91. The van der Waals surface area contributed by atoms with Gasteiger partial charge < -0.3 is 15.2 Å². The van der Waals surface area contributed by atoms with E-state index < -0.39 is 12.1 Å². The summed E-state index contributed by atoms with van der Waals surface area (Å²) in [5.74, 6) is 0. The molecule has 1 atom stereocenters. The summed E-state index contributed by atoms with van der Waals surface area (Å²) in [4.78, 5) is 11.9. The maximum atomic E-state index is 11.9. The zero-order valence-corrected chi connectivity index (χ0v) is 14.0. The first-order chi connectivity index (χ1) is 10.6. The van der Waals surface area contributed by atoms with Crippen LogP contribution in [-0.4, -0.2) is 17.8 Å². The van der Waals surface area contributed by atoms with E-state index in [-0.39, 0.29) is 13.2 Å². The first kappa shape index (κ1) is 16.8. The Morgan fingerprint density at radius 3 is 2.64 bits per heavy atom. The standard InChI is InChI=1S/C16H15BrClNO3/c17-14-8-12(18)6-7-13(14)15(9-20)19-16(21)22-10-11-4-2-1-3-5-11/h1-8,15,20H,9-10H2,(H,19,21)/t15-/m0/s1. The summed E-state index contributed by atoms with van der Waals surface area (Å²) in [7, 11) is 0. The van der Waals surface area contributed by atoms with Gasteiger partial charge >= 0.3 is 6.09 Å². The molecule has 0 radical (unpaired) electrons. The van der Waals surface area contributed by atoms with E-state index in [0.717, 1.165) is 11.1 Å². The molecule has 6 heteroatoms. The molecule has 0 aliphatic carbocycles. The first-order valence-electron chi connectivity index (χ1n) is 6.63. The van der Waals surface area contributed by atoms with E-state index in [1.54, 1.807) is 18.2 Å². The topological polar surface area (TPSA) is 58.6 Å². The summed E-state index contributed by atoms with van der Waals surface area (Å²) >= 11 is 9.25. The molecule has 0 spiro atoms. The Hall–Kier alpha value is -1.56. The molecule has 0 saturated carbocycles. The van der Waals surface area contributed by atoms with Gasteiger partial charge in [0.25, 0.3) is 0 Å². The summed E-state index contributed by atoms with van der Waals surface area (Å²) in [5.41, 5.74) is 1.62. The number of halogens is 2. The van der Waals surface area contributed by atoms with Crippen molar-refractivity contribution < 1.29 is 14.6 Å². The summed E-state index contributed by atoms with van der Waals surface area (Å²) in [6, 6.07) is 13.9. The Labute approximate surface area is 142 Å². The highest BCUT2D eigenvalue weighted by atomic mass is 79.9. The lowest BCUT2D eigenvalue weighted by Crippen LogP contribution is -2.31. The molecule has 0 unspecified atom stereocenters. The fraction of sp³-hybridized carbons (Fsp3) is 0.188. The molecule has 0 heterocycles. The van der Waals surface area contributed by atoms with Crippen molar-refractivity contribution in [2.75, 3.05) is 6.61 Å². The van der Waals surface area contributed by atoms with Gasteiger partial charge in [0.1, 0.15) is 6.61 Å². The zero-order chi connectivity index (χ0) is 15.9. The van der Waals surface area contributed by atoms with E-state index in [9.17, 15) is 9.90 Å². The quantitative estimate of drug-likeness (QED) is 0.817. The van der Waals surface area contributed by atoms with Crippen LogP contribution in [0.3, 0.4) is 0 Å². The van der Waals surface area contributed by atoms with Gasteiger partial charge in [0.2, 0.25) is 0 Å². The molecule has 2 aromatic carbocycles. The average Bonchev–Trinajstić information content (AvgIpc) is 2.52. The fourth-order valence-corrected chi connectivity index (χ4v) is 2.87. The number of rotatable bonds is 5. The summed E-state index contributed by atoms with van der Waals surface area (Å²) < 4.78 is 5.85. The molecule has 2 N–H and O–H groups in total. The number of aliphatic hydroxyl groups excluding tert-OH is 1. The van der Waals surface area contributed by atoms with E-state index >= 15 is 0 Å². The van der Waals surface area contributed by atoms with Gasteiger partial charge in [-0.1, -0.05) is 63.9 Å². The number of amides is 1. The third kappa shape index (κ3) is 4.73. The highest BCUT2D eigenvalue weighted by Crippen LogP contribution is 2.26. The maximum Gasteiger partial charge on any atom is 0.408 e. The second-order valence-corrected chi connectivity index (χ2v) is 5.90. The summed E-state index contributed by atoms with van der Waals surface area (Å²) in [5, 5.41) is 12.7. The Kier molecular flexibility index (Phi) is 6.24. The molecule has 0 fully saturated rings. The number of aliphatic hydroxyl groups is 1. The molecule has 0 aromatic heterocycles. The third-order valence-electron chi connectivity index (χ3n) is 3.03. The highest BCUT2D eigenvalue weighted by molar-refractivity contribution is 9.10.